The summed E-state index contributed by atoms with van der Waals surface area (Å²) in [5.41, 5.74) is 2.90. The predicted molar refractivity (Wildman–Crippen MR) is 67.3 cm³/mol. The number of nitrogens with two attached hydrogens (primary N) is 1. The maximum Gasteiger partial charge on any atom is 0.146 e. The van der Waals surface area contributed by atoms with Crippen molar-refractivity contribution in [2.45, 2.75) is 12.5 Å². The van der Waals surface area contributed by atoms with Crippen LogP contribution in [0.2, 0.25) is 4.34 Å². The molecule has 2 heterocycles. The van der Waals surface area contributed by atoms with Gasteiger partial charge in [0, 0.05) is 17.5 Å². The van der Waals surface area contributed by atoms with Gasteiger partial charge in [0.2, 0.25) is 0 Å². The summed E-state index contributed by atoms with van der Waals surface area (Å²) in [6, 6.07) is 6.27. The van der Waals surface area contributed by atoms with Gasteiger partial charge in [0.25, 0.3) is 0 Å². The standard InChI is InChI=1S/C11H11ClFN3S/c12-10-4-3-7(17-10)6-9(16-14)11-8(13)2-1-5-15-11/h1-5,9,16H,6,14H2. The van der Waals surface area contributed by atoms with Crippen molar-refractivity contribution in [3.8, 4) is 0 Å². The van der Waals surface area contributed by atoms with Crippen LogP contribution in [0.1, 0.15) is 16.6 Å². The number of hydrogen-bond acceptors (Lipinski definition) is 4. The normalized spacial score (nSPS) is 12.6. The first-order valence-electron chi connectivity index (χ1n) is 5.01. The third kappa shape index (κ3) is 3.01. The van der Waals surface area contributed by atoms with Gasteiger partial charge in [-0.05, 0) is 24.3 Å². The topological polar surface area (TPSA) is 50.9 Å². The fourth-order valence-corrected chi connectivity index (χ4v) is 2.68. The fraction of sp³-hybridized carbons (Fsp3) is 0.182. The van der Waals surface area contributed by atoms with Crippen LogP contribution < -0.4 is 11.3 Å². The Balaban J connectivity index is 2.20. The molecule has 2 rings (SSSR count). The van der Waals surface area contributed by atoms with Crippen molar-refractivity contribution >= 4 is 22.9 Å². The average molecular weight is 272 g/mol. The number of nitrogens with zero attached hydrogens (tertiary/aromatic N) is 1. The van der Waals surface area contributed by atoms with Crippen molar-refractivity contribution in [1.29, 1.82) is 0 Å². The number of hydrogen-bond donors (Lipinski definition) is 2. The molecule has 3 nitrogen and oxygen atoms in total. The van der Waals surface area contributed by atoms with Gasteiger partial charge < -0.3 is 0 Å². The highest BCUT2D eigenvalue weighted by atomic mass is 35.5. The molecule has 0 aromatic carbocycles. The fourth-order valence-electron chi connectivity index (χ4n) is 1.55. The number of halogens is 2. The molecular weight excluding hydrogens is 261 g/mol. The van der Waals surface area contributed by atoms with Gasteiger partial charge in [-0.15, -0.1) is 11.3 Å². The molecule has 0 aliphatic rings. The molecule has 0 aliphatic carbocycles. The molecule has 1 unspecified atom stereocenters. The molecule has 6 heteroatoms. The van der Waals surface area contributed by atoms with Crippen LogP contribution in [-0.2, 0) is 6.42 Å². The molecule has 0 fully saturated rings. The van der Waals surface area contributed by atoms with Gasteiger partial charge in [-0.3, -0.25) is 16.3 Å². The Morgan fingerprint density at radius 2 is 2.29 bits per heavy atom. The molecular formula is C11H11ClFN3S. The second kappa shape index (κ2) is 5.55. The lowest BCUT2D eigenvalue weighted by molar-refractivity contribution is 0.497. The highest BCUT2D eigenvalue weighted by Gasteiger charge is 2.16. The van der Waals surface area contributed by atoms with Crippen LogP contribution in [0.25, 0.3) is 0 Å². The zero-order valence-corrected chi connectivity index (χ0v) is 10.4. The van der Waals surface area contributed by atoms with Gasteiger partial charge in [0.1, 0.15) is 5.82 Å². The highest BCUT2D eigenvalue weighted by Crippen LogP contribution is 2.26. The van der Waals surface area contributed by atoms with Crippen LogP contribution in [0.5, 0.6) is 0 Å². The molecule has 2 aromatic rings. The maximum atomic E-state index is 13.6. The lowest BCUT2D eigenvalue weighted by Gasteiger charge is -2.14. The zero-order valence-electron chi connectivity index (χ0n) is 8.86. The summed E-state index contributed by atoms with van der Waals surface area (Å²) in [4.78, 5) is 5.04. The predicted octanol–water partition coefficient (Wildman–Crippen LogP) is 2.68. The van der Waals surface area contributed by atoms with Crippen molar-refractivity contribution in [2.24, 2.45) is 5.84 Å². The Labute approximate surface area is 107 Å². The van der Waals surface area contributed by atoms with E-state index in [2.05, 4.69) is 10.4 Å². The monoisotopic (exact) mass is 271 g/mol. The second-order valence-corrected chi connectivity index (χ2v) is 5.30. The highest BCUT2D eigenvalue weighted by molar-refractivity contribution is 7.16. The number of hydrazine groups is 1. The number of pyridine rings is 1. The van der Waals surface area contributed by atoms with E-state index in [9.17, 15) is 4.39 Å². The van der Waals surface area contributed by atoms with Crippen molar-refractivity contribution in [3.63, 3.8) is 0 Å². The van der Waals surface area contributed by atoms with Crippen molar-refractivity contribution in [1.82, 2.24) is 10.4 Å². The Hall–Kier alpha value is -1.01. The first-order valence-corrected chi connectivity index (χ1v) is 6.21. The van der Waals surface area contributed by atoms with E-state index in [-0.39, 0.29) is 11.9 Å². The van der Waals surface area contributed by atoms with Gasteiger partial charge in [0.15, 0.2) is 0 Å². The van der Waals surface area contributed by atoms with Crippen LogP contribution in [0, 0.1) is 5.82 Å². The van der Waals surface area contributed by atoms with Gasteiger partial charge >= 0.3 is 0 Å². The van der Waals surface area contributed by atoms with E-state index in [0.717, 1.165) is 4.88 Å². The van der Waals surface area contributed by atoms with E-state index in [0.29, 0.717) is 16.5 Å². The summed E-state index contributed by atoms with van der Waals surface area (Å²) in [6.45, 7) is 0. The quantitative estimate of drug-likeness (QED) is 0.664. The molecule has 90 valence electrons. The number of rotatable bonds is 4. The number of nitrogens with one attached hydrogen (secondary N) is 1. The first kappa shape index (κ1) is 12.4. The minimum Gasteiger partial charge on any atom is -0.271 e. The molecule has 2 aromatic heterocycles. The Bertz CT molecular complexity index is 503. The van der Waals surface area contributed by atoms with Crippen LogP contribution >= 0.6 is 22.9 Å². The lowest BCUT2D eigenvalue weighted by atomic mass is 10.1. The van der Waals surface area contributed by atoms with E-state index >= 15 is 0 Å². The summed E-state index contributed by atoms with van der Waals surface area (Å²) >= 11 is 7.29. The molecule has 0 saturated heterocycles. The molecule has 1 atom stereocenters. The maximum absolute atomic E-state index is 13.6. The third-order valence-corrected chi connectivity index (χ3v) is 3.61. The largest absolute Gasteiger partial charge is 0.271 e. The average Bonchev–Trinajstić information content (AvgIpc) is 2.73. The molecule has 0 spiro atoms. The minimum atomic E-state index is -0.363. The van der Waals surface area contributed by atoms with Crippen molar-refractivity contribution < 1.29 is 4.39 Å². The first-order chi connectivity index (χ1) is 8.20. The molecule has 0 radical (unpaired) electrons. The zero-order chi connectivity index (χ0) is 12.3. The summed E-state index contributed by atoms with van der Waals surface area (Å²) in [5.74, 6) is 5.08. The van der Waals surface area contributed by atoms with Gasteiger partial charge in [-0.25, -0.2) is 4.39 Å². The molecule has 0 amide bonds. The van der Waals surface area contributed by atoms with E-state index < -0.39 is 0 Å². The summed E-state index contributed by atoms with van der Waals surface area (Å²) in [7, 11) is 0. The van der Waals surface area contributed by atoms with Crippen LogP contribution in [0.4, 0.5) is 4.39 Å². The number of aromatic nitrogens is 1. The van der Waals surface area contributed by atoms with Crippen LogP contribution in [0.3, 0.4) is 0 Å². The minimum absolute atomic E-state index is 0.319. The van der Waals surface area contributed by atoms with Crippen LogP contribution in [0.15, 0.2) is 30.5 Å². The summed E-state index contributed by atoms with van der Waals surface area (Å²) < 4.78 is 14.3. The van der Waals surface area contributed by atoms with Crippen molar-refractivity contribution in [3.05, 3.63) is 51.2 Å². The molecule has 3 N–H and O–H groups in total. The van der Waals surface area contributed by atoms with Crippen LogP contribution in [-0.4, -0.2) is 4.98 Å². The van der Waals surface area contributed by atoms with E-state index in [4.69, 9.17) is 17.4 Å². The second-order valence-electron chi connectivity index (χ2n) is 3.50. The van der Waals surface area contributed by atoms with Gasteiger partial charge in [-0.1, -0.05) is 11.6 Å². The Kier molecular flexibility index (Phi) is 4.06. The summed E-state index contributed by atoms with van der Waals surface area (Å²) in [6.07, 6.45) is 2.10. The summed E-state index contributed by atoms with van der Waals surface area (Å²) in [5, 5.41) is 0. The van der Waals surface area contributed by atoms with E-state index in [1.54, 1.807) is 12.3 Å². The van der Waals surface area contributed by atoms with Gasteiger partial charge in [0.05, 0.1) is 16.1 Å². The SMILES string of the molecule is NNC(Cc1ccc(Cl)s1)c1ncccc1F. The number of thiophene rings is 1. The molecule has 0 saturated carbocycles. The molecule has 17 heavy (non-hydrogen) atoms. The smallest absolute Gasteiger partial charge is 0.146 e. The lowest BCUT2D eigenvalue weighted by Crippen LogP contribution is -2.30. The van der Waals surface area contributed by atoms with E-state index in [1.165, 1.54) is 17.4 Å². The van der Waals surface area contributed by atoms with E-state index in [1.807, 2.05) is 12.1 Å². The molecule has 0 bridgehead atoms. The van der Waals surface area contributed by atoms with Crippen molar-refractivity contribution in [2.75, 3.05) is 0 Å². The Morgan fingerprint density at radius 3 is 2.88 bits per heavy atom. The molecule has 0 aliphatic heterocycles. The Morgan fingerprint density at radius 1 is 1.47 bits per heavy atom. The van der Waals surface area contributed by atoms with Gasteiger partial charge in [-0.2, -0.15) is 0 Å². The third-order valence-electron chi connectivity index (χ3n) is 2.35.